The Balaban J connectivity index is 3.86. The summed E-state index contributed by atoms with van der Waals surface area (Å²) < 4.78 is 17.1. The van der Waals surface area contributed by atoms with Gasteiger partial charge in [0, 0.05) is 25.7 Å². The van der Waals surface area contributed by atoms with E-state index in [1.165, 1.54) is 0 Å². The summed E-state index contributed by atoms with van der Waals surface area (Å²) in [6.45, 7) is 7.91. The van der Waals surface area contributed by atoms with Gasteiger partial charge in [0.2, 0.25) is 0 Å². The second kappa shape index (κ2) is 5.49. The van der Waals surface area contributed by atoms with Crippen molar-refractivity contribution >= 4 is 0 Å². The van der Waals surface area contributed by atoms with E-state index in [2.05, 4.69) is 25.7 Å². The topological polar surface area (TPSA) is 12.5 Å². The highest BCUT2D eigenvalue weighted by atomic mass is 19.1. The van der Waals surface area contributed by atoms with E-state index >= 15 is 0 Å². The average molecular weight is 177 g/mol. The molecule has 0 aromatic rings. The Morgan fingerprint density at radius 1 is 1.25 bits per heavy atom. The van der Waals surface area contributed by atoms with Gasteiger partial charge in [-0.1, -0.05) is 0 Å². The van der Waals surface area contributed by atoms with E-state index in [0.717, 1.165) is 6.54 Å². The molecule has 0 bridgehead atoms. The first-order valence-corrected chi connectivity index (χ1v) is 4.32. The lowest BCUT2D eigenvalue weighted by atomic mass is 10.1. The van der Waals surface area contributed by atoms with Crippen LogP contribution in [-0.2, 0) is 4.74 Å². The Morgan fingerprint density at radius 2 is 1.83 bits per heavy atom. The van der Waals surface area contributed by atoms with Crippen molar-refractivity contribution in [2.45, 2.75) is 26.3 Å². The van der Waals surface area contributed by atoms with Crippen LogP contribution in [0.15, 0.2) is 0 Å². The Kier molecular flexibility index (Phi) is 5.42. The molecule has 12 heavy (non-hydrogen) atoms. The molecule has 0 aliphatic heterocycles. The lowest BCUT2D eigenvalue weighted by Crippen LogP contribution is -2.44. The molecule has 0 spiro atoms. The van der Waals surface area contributed by atoms with Crippen molar-refractivity contribution < 1.29 is 9.13 Å². The molecule has 0 saturated carbocycles. The van der Waals surface area contributed by atoms with Gasteiger partial charge < -0.3 is 4.74 Å². The largest absolute Gasteiger partial charge is 0.383 e. The fourth-order valence-electron chi connectivity index (χ4n) is 1.09. The van der Waals surface area contributed by atoms with Crippen molar-refractivity contribution in [2.24, 2.45) is 0 Å². The van der Waals surface area contributed by atoms with Crippen LogP contribution in [0, 0.1) is 0 Å². The van der Waals surface area contributed by atoms with Gasteiger partial charge in [-0.15, -0.1) is 0 Å². The maximum Gasteiger partial charge on any atom is 0.102 e. The Hall–Kier alpha value is -0.150. The molecule has 0 aliphatic rings. The minimum atomic E-state index is -0.291. The molecule has 0 heterocycles. The highest BCUT2D eigenvalue weighted by Gasteiger charge is 2.19. The van der Waals surface area contributed by atoms with E-state index in [1.54, 1.807) is 7.11 Å². The summed E-state index contributed by atoms with van der Waals surface area (Å²) in [5.74, 6) is 0. The SMILES string of the molecule is COCCN(CCF)C(C)(C)C. The van der Waals surface area contributed by atoms with Crippen LogP contribution in [-0.4, -0.2) is 43.9 Å². The van der Waals surface area contributed by atoms with Crippen molar-refractivity contribution in [1.29, 1.82) is 0 Å². The second-order valence-electron chi connectivity index (χ2n) is 3.84. The molecule has 0 N–H and O–H groups in total. The molecule has 0 unspecified atom stereocenters. The van der Waals surface area contributed by atoms with Crippen LogP contribution >= 0.6 is 0 Å². The maximum absolute atomic E-state index is 12.1. The lowest BCUT2D eigenvalue weighted by molar-refractivity contribution is 0.0814. The van der Waals surface area contributed by atoms with Crippen LogP contribution in [0.1, 0.15) is 20.8 Å². The summed E-state index contributed by atoms with van der Waals surface area (Å²) in [4.78, 5) is 2.08. The number of nitrogens with zero attached hydrogens (tertiary/aromatic N) is 1. The molecule has 0 saturated heterocycles. The third-order valence-electron chi connectivity index (χ3n) is 1.87. The lowest BCUT2D eigenvalue weighted by Gasteiger charge is -2.34. The standard InChI is InChI=1S/C9H20FNO/c1-9(2,3)11(6-5-10)7-8-12-4/h5-8H2,1-4H3. The zero-order valence-electron chi connectivity index (χ0n) is 8.56. The van der Waals surface area contributed by atoms with E-state index < -0.39 is 0 Å². The van der Waals surface area contributed by atoms with Gasteiger partial charge in [0.1, 0.15) is 6.67 Å². The number of hydrogen-bond donors (Lipinski definition) is 0. The smallest absolute Gasteiger partial charge is 0.102 e. The summed E-state index contributed by atoms with van der Waals surface area (Å²) >= 11 is 0. The Bertz CT molecular complexity index is 112. The van der Waals surface area contributed by atoms with Crippen LogP contribution in [0.25, 0.3) is 0 Å². The van der Waals surface area contributed by atoms with E-state index in [4.69, 9.17) is 4.74 Å². The Morgan fingerprint density at radius 3 is 2.17 bits per heavy atom. The van der Waals surface area contributed by atoms with E-state index in [1.807, 2.05) is 0 Å². The second-order valence-corrected chi connectivity index (χ2v) is 3.84. The molecule has 0 aliphatic carbocycles. The minimum Gasteiger partial charge on any atom is -0.383 e. The molecule has 0 aromatic carbocycles. The highest BCUT2D eigenvalue weighted by molar-refractivity contribution is 4.75. The molecular weight excluding hydrogens is 157 g/mol. The molecule has 0 fully saturated rings. The van der Waals surface area contributed by atoms with Crippen LogP contribution in [0.5, 0.6) is 0 Å². The van der Waals surface area contributed by atoms with Crippen molar-refractivity contribution in [2.75, 3.05) is 33.5 Å². The first-order valence-electron chi connectivity index (χ1n) is 4.32. The molecular formula is C9H20FNO. The van der Waals surface area contributed by atoms with Gasteiger partial charge in [-0.25, -0.2) is 4.39 Å². The van der Waals surface area contributed by atoms with Gasteiger partial charge >= 0.3 is 0 Å². The van der Waals surface area contributed by atoms with Gasteiger partial charge in [0.05, 0.1) is 6.61 Å². The highest BCUT2D eigenvalue weighted by Crippen LogP contribution is 2.11. The van der Waals surface area contributed by atoms with Crippen molar-refractivity contribution in [1.82, 2.24) is 4.90 Å². The quantitative estimate of drug-likeness (QED) is 0.634. The van der Waals surface area contributed by atoms with E-state index in [9.17, 15) is 4.39 Å². The van der Waals surface area contributed by atoms with Gasteiger partial charge in [-0.05, 0) is 20.8 Å². The summed E-state index contributed by atoms with van der Waals surface area (Å²) in [7, 11) is 1.66. The van der Waals surface area contributed by atoms with Crippen LogP contribution in [0.3, 0.4) is 0 Å². The number of rotatable bonds is 5. The normalized spacial score (nSPS) is 12.5. The van der Waals surface area contributed by atoms with Gasteiger partial charge in [-0.2, -0.15) is 0 Å². The molecule has 0 radical (unpaired) electrons. The fraction of sp³-hybridized carbons (Fsp3) is 1.00. The summed E-state index contributed by atoms with van der Waals surface area (Å²) in [5.41, 5.74) is 0.0324. The molecule has 0 rings (SSSR count). The number of ether oxygens (including phenoxy) is 1. The van der Waals surface area contributed by atoms with E-state index in [0.29, 0.717) is 13.2 Å². The monoisotopic (exact) mass is 177 g/mol. The van der Waals surface area contributed by atoms with Crippen molar-refractivity contribution in [3.8, 4) is 0 Å². The molecule has 3 heteroatoms. The molecule has 2 nitrogen and oxygen atoms in total. The van der Waals surface area contributed by atoms with Crippen molar-refractivity contribution in [3.05, 3.63) is 0 Å². The summed E-state index contributed by atoms with van der Waals surface area (Å²) in [5, 5.41) is 0. The van der Waals surface area contributed by atoms with Crippen LogP contribution in [0.2, 0.25) is 0 Å². The fourth-order valence-corrected chi connectivity index (χ4v) is 1.09. The van der Waals surface area contributed by atoms with Crippen molar-refractivity contribution in [3.63, 3.8) is 0 Å². The third kappa shape index (κ3) is 4.67. The Labute approximate surface area is 74.7 Å². The average Bonchev–Trinajstić information content (AvgIpc) is 1.95. The molecule has 0 atom stereocenters. The summed E-state index contributed by atoms with van der Waals surface area (Å²) in [6.07, 6.45) is 0. The third-order valence-corrected chi connectivity index (χ3v) is 1.87. The first-order chi connectivity index (χ1) is 5.52. The van der Waals surface area contributed by atoms with Gasteiger partial charge in [-0.3, -0.25) is 4.90 Å². The molecule has 0 aromatic heterocycles. The predicted molar refractivity (Wildman–Crippen MR) is 49.2 cm³/mol. The molecule has 0 amide bonds. The number of alkyl halides is 1. The first kappa shape index (κ1) is 11.8. The van der Waals surface area contributed by atoms with Gasteiger partial charge in [0.15, 0.2) is 0 Å². The molecule has 74 valence electrons. The summed E-state index contributed by atoms with van der Waals surface area (Å²) in [6, 6.07) is 0. The number of hydrogen-bond acceptors (Lipinski definition) is 2. The van der Waals surface area contributed by atoms with Gasteiger partial charge in [0.25, 0.3) is 0 Å². The maximum atomic E-state index is 12.1. The zero-order valence-corrected chi connectivity index (χ0v) is 8.56. The number of halogens is 1. The number of methoxy groups -OCH3 is 1. The van der Waals surface area contributed by atoms with Crippen LogP contribution in [0.4, 0.5) is 4.39 Å². The van der Waals surface area contributed by atoms with E-state index in [-0.39, 0.29) is 12.2 Å². The van der Waals surface area contributed by atoms with Crippen LogP contribution < -0.4 is 0 Å². The zero-order chi connectivity index (χ0) is 9.61. The predicted octanol–water partition coefficient (Wildman–Crippen LogP) is 1.70. The minimum absolute atomic E-state index is 0.0324.